The van der Waals surface area contributed by atoms with Crippen LogP contribution < -0.4 is 0 Å². The normalized spacial score (nSPS) is 19.7. The predicted molar refractivity (Wildman–Crippen MR) is 93.9 cm³/mol. The minimum absolute atomic E-state index is 0.0861. The second-order valence-corrected chi connectivity index (χ2v) is 9.34. The van der Waals surface area contributed by atoms with Crippen molar-refractivity contribution in [3.63, 3.8) is 0 Å². The third-order valence-electron chi connectivity index (χ3n) is 3.62. The molecule has 1 aliphatic rings. The first kappa shape index (κ1) is 17.0. The maximum atomic E-state index is 11.5. The van der Waals surface area contributed by atoms with Gasteiger partial charge in [0.1, 0.15) is 17.3 Å². The first-order chi connectivity index (χ1) is 10.2. The molecule has 0 saturated heterocycles. The zero-order valence-corrected chi connectivity index (χ0v) is 15.0. The van der Waals surface area contributed by atoms with E-state index in [-0.39, 0.29) is 27.7 Å². The molecule has 0 N–H and O–H groups in total. The molecule has 0 unspecified atom stereocenters. The van der Waals surface area contributed by atoms with E-state index in [0.717, 1.165) is 17.3 Å². The van der Waals surface area contributed by atoms with Crippen molar-refractivity contribution in [3.8, 4) is 11.8 Å². The van der Waals surface area contributed by atoms with Crippen LogP contribution in [-0.4, -0.2) is 24.6 Å². The molecule has 2 nitrogen and oxygen atoms in total. The van der Waals surface area contributed by atoms with Gasteiger partial charge < -0.3 is 4.74 Å². The fourth-order valence-electron chi connectivity index (χ4n) is 2.67. The molecule has 0 aromatic heterocycles. The highest BCUT2D eigenvalue weighted by molar-refractivity contribution is 7.96. The minimum atomic E-state index is -0.279. The molecule has 1 heterocycles. The summed E-state index contributed by atoms with van der Waals surface area (Å²) in [5.74, 6) is 9.97. The Bertz CT molecular complexity index is 581. The Kier molecular flexibility index (Phi) is 4.92. The van der Waals surface area contributed by atoms with Gasteiger partial charge in [0.05, 0.1) is 23.5 Å². The first-order valence-corrected chi connectivity index (χ1v) is 9.30. The summed E-state index contributed by atoms with van der Waals surface area (Å²) in [6, 6.07) is 7.81. The van der Waals surface area contributed by atoms with E-state index < -0.39 is 0 Å². The largest absolute Gasteiger partial charge is 0.465 e. The van der Waals surface area contributed by atoms with Crippen molar-refractivity contribution < 1.29 is 9.53 Å². The number of benzene rings is 1. The number of rotatable bonds is 3. The number of hydrogen-bond donors (Lipinski definition) is 0. The Morgan fingerprint density at radius 3 is 2.05 bits per heavy atom. The van der Waals surface area contributed by atoms with Gasteiger partial charge in [-0.25, -0.2) is 4.79 Å². The molecular weight excluding hydrogens is 292 g/mol. The van der Waals surface area contributed by atoms with Crippen molar-refractivity contribution in [2.45, 2.75) is 33.4 Å². The molecule has 118 valence electrons. The monoisotopic (exact) mass is 317 g/mol. The van der Waals surface area contributed by atoms with Crippen LogP contribution in [-0.2, 0) is 21.4 Å². The van der Waals surface area contributed by atoms with E-state index in [1.54, 1.807) is 0 Å². The van der Waals surface area contributed by atoms with E-state index in [9.17, 15) is 4.79 Å². The lowest BCUT2D eigenvalue weighted by molar-refractivity contribution is 0.0600. The minimum Gasteiger partial charge on any atom is -0.465 e. The average molecular weight is 317 g/mol. The van der Waals surface area contributed by atoms with Crippen molar-refractivity contribution in [1.29, 1.82) is 0 Å². The van der Waals surface area contributed by atoms with Crippen molar-refractivity contribution in [1.82, 2.24) is 0 Å². The smallest absolute Gasteiger partial charge is 0.337 e. The molecule has 0 fully saturated rings. The zero-order chi connectivity index (χ0) is 16.4. The van der Waals surface area contributed by atoms with Gasteiger partial charge in [-0.2, -0.15) is 0 Å². The van der Waals surface area contributed by atoms with Crippen LogP contribution in [0.5, 0.6) is 0 Å². The Morgan fingerprint density at radius 2 is 1.59 bits per heavy atom. The van der Waals surface area contributed by atoms with E-state index in [2.05, 4.69) is 39.5 Å². The zero-order valence-electron chi connectivity index (χ0n) is 14.2. The van der Waals surface area contributed by atoms with Crippen LogP contribution in [0.15, 0.2) is 24.3 Å². The van der Waals surface area contributed by atoms with Gasteiger partial charge in [-0.1, -0.05) is 24.0 Å². The van der Waals surface area contributed by atoms with Crippen LogP contribution in [0.25, 0.3) is 0 Å². The fourth-order valence-corrected chi connectivity index (χ4v) is 5.83. The summed E-state index contributed by atoms with van der Waals surface area (Å²) in [4.78, 5) is 11.5. The molecule has 1 aromatic carbocycles. The number of carbonyl (C=O) groups is 1. The molecule has 0 bridgehead atoms. The molecule has 1 aromatic rings. The second-order valence-electron chi connectivity index (χ2n) is 7.25. The van der Waals surface area contributed by atoms with Crippen molar-refractivity contribution in [2.24, 2.45) is 10.8 Å². The third-order valence-corrected chi connectivity index (χ3v) is 6.62. The summed E-state index contributed by atoms with van der Waals surface area (Å²) in [6.07, 6.45) is 0. The Hall–Kier alpha value is -1.40. The van der Waals surface area contributed by atoms with Gasteiger partial charge in [0, 0.05) is 5.56 Å². The molecule has 22 heavy (non-hydrogen) atoms. The predicted octanol–water partition coefficient (Wildman–Crippen LogP) is 3.66. The van der Waals surface area contributed by atoms with E-state index in [0.29, 0.717) is 5.56 Å². The Labute approximate surface area is 137 Å². The molecule has 0 atom stereocenters. The van der Waals surface area contributed by atoms with Crippen LogP contribution in [0, 0.1) is 22.7 Å². The lowest BCUT2D eigenvalue weighted by atomic mass is 9.92. The number of ether oxygens (including phenoxy) is 1. The third kappa shape index (κ3) is 4.55. The van der Waals surface area contributed by atoms with Crippen LogP contribution >= 0.6 is 0 Å². The highest BCUT2D eigenvalue weighted by Gasteiger charge is 2.37. The fraction of sp³-hybridized carbons (Fsp3) is 0.526. The van der Waals surface area contributed by atoms with E-state index in [1.807, 2.05) is 24.3 Å². The van der Waals surface area contributed by atoms with Gasteiger partial charge in [0.2, 0.25) is 0 Å². The number of methoxy groups -OCH3 is 1. The summed E-state index contributed by atoms with van der Waals surface area (Å²) in [5, 5.41) is 0. The quantitative estimate of drug-likeness (QED) is 0.483. The molecule has 1 aliphatic heterocycles. The maximum Gasteiger partial charge on any atom is 0.337 e. The van der Waals surface area contributed by atoms with Gasteiger partial charge in [-0.05, 0) is 50.7 Å². The average Bonchev–Trinajstić information content (AvgIpc) is 2.54. The molecular formula is C19H25O2S+. The summed E-state index contributed by atoms with van der Waals surface area (Å²) in [5.41, 5.74) is 2.06. The van der Waals surface area contributed by atoms with Gasteiger partial charge >= 0.3 is 5.97 Å². The SMILES string of the molecule is COC(=O)c1ccc(C[S+]2CC(C)(C)C#CC(C)(C)C2)cc1. The van der Waals surface area contributed by atoms with Crippen molar-refractivity contribution >= 4 is 16.9 Å². The standard InChI is InChI=1S/C19H25O2S/c1-18(2)10-11-19(3,4)14-22(13-18)12-15-6-8-16(9-7-15)17(20)21-5/h6-9H,12-14H2,1-5H3/q+1. The van der Waals surface area contributed by atoms with Crippen molar-refractivity contribution in [2.75, 3.05) is 18.6 Å². The van der Waals surface area contributed by atoms with Gasteiger partial charge in [-0.15, -0.1) is 0 Å². The van der Waals surface area contributed by atoms with Crippen molar-refractivity contribution in [3.05, 3.63) is 35.4 Å². The Balaban J connectivity index is 2.11. The van der Waals surface area contributed by atoms with Gasteiger partial charge in [0.25, 0.3) is 0 Å². The van der Waals surface area contributed by atoms with Crippen LogP contribution in [0.3, 0.4) is 0 Å². The van der Waals surface area contributed by atoms with Crippen LogP contribution in [0.4, 0.5) is 0 Å². The molecule has 0 spiro atoms. The van der Waals surface area contributed by atoms with E-state index in [4.69, 9.17) is 4.74 Å². The van der Waals surface area contributed by atoms with E-state index in [1.165, 1.54) is 12.7 Å². The molecule has 0 amide bonds. The second kappa shape index (κ2) is 6.38. The maximum absolute atomic E-state index is 11.5. The molecule has 0 radical (unpaired) electrons. The first-order valence-electron chi connectivity index (χ1n) is 7.56. The van der Waals surface area contributed by atoms with E-state index >= 15 is 0 Å². The summed E-state index contributed by atoms with van der Waals surface area (Å²) in [6.45, 7) is 8.95. The summed E-state index contributed by atoms with van der Waals surface area (Å²) in [7, 11) is 1.70. The lowest BCUT2D eigenvalue weighted by Gasteiger charge is -2.19. The molecule has 3 heteroatoms. The number of hydrogen-bond acceptors (Lipinski definition) is 2. The van der Waals surface area contributed by atoms with Crippen LogP contribution in [0.1, 0.15) is 43.6 Å². The van der Waals surface area contributed by atoms with Gasteiger partial charge in [-0.3, -0.25) is 0 Å². The van der Waals surface area contributed by atoms with Crippen LogP contribution in [0.2, 0.25) is 0 Å². The Morgan fingerprint density at radius 1 is 1.09 bits per heavy atom. The highest BCUT2D eigenvalue weighted by atomic mass is 32.2. The molecule has 2 rings (SSSR count). The molecule has 0 saturated carbocycles. The number of carbonyl (C=O) groups excluding carboxylic acids is 1. The highest BCUT2D eigenvalue weighted by Crippen LogP contribution is 2.30. The number of esters is 1. The summed E-state index contributed by atoms with van der Waals surface area (Å²) >= 11 is 0. The molecule has 0 aliphatic carbocycles. The topological polar surface area (TPSA) is 26.3 Å². The summed E-state index contributed by atoms with van der Waals surface area (Å²) < 4.78 is 4.74. The van der Waals surface area contributed by atoms with Gasteiger partial charge in [0.15, 0.2) is 0 Å². The lowest BCUT2D eigenvalue weighted by Crippen LogP contribution is -2.29.